The van der Waals surface area contributed by atoms with Crippen molar-refractivity contribution in [3.8, 4) is 0 Å². The summed E-state index contributed by atoms with van der Waals surface area (Å²) < 4.78 is 0. The molecule has 0 radical (unpaired) electrons. The fraction of sp³-hybridized carbons (Fsp3) is 0.464. The molecule has 0 N–H and O–H groups in total. The third kappa shape index (κ3) is 5.24. The largest absolute Gasteiger partial charge is 0.332 e. The van der Waals surface area contributed by atoms with Crippen LogP contribution in [0.15, 0.2) is 61.2 Å². The summed E-state index contributed by atoms with van der Waals surface area (Å²) in [6.45, 7) is 10.5. The highest BCUT2D eigenvalue weighted by molar-refractivity contribution is 6.30. The van der Waals surface area contributed by atoms with Crippen LogP contribution in [0.4, 0.5) is 0 Å². The number of allylic oxidation sites excluding steroid dienone is 1. The van der Waals surface area contributed by atoms with Crippen LogP contribution in [0, 0.1) is 5.41 Å². The van der Waals surface area contributed by atoms with Crippen LogP contribution in [-0.2, 0) is 4.79 Å². The SMILES string of the molecule is C=CC[C@@]1(C)C[C@H](c2cccc(Cl)c2)C(c2ccc(Cl)cc2)N([C@@H](CC)CCCC)C1=O. The second-order valence-electron chi connectivity index (χ2n) is 9.33. The molecule has 0 aromatic heterocycles. The van der Waals surface area contributed by atoms with Crippen molar-refractivity contribution in [2.45, 2.75) is 77.3 Å². The lowest BCUT2D eigenvalue weighted by atomic mass is 9.67. The van der Waals surface area contributed by atoms with Crippen molar-refractivity contribution >= 4 is 29.1 Å². The maximum Gasteiger partial charge on any atom is 0.229 e. The van der Waals surface area contributed by atoms with E-state index in [1.807, 2.05) is 30.3 Å². The minimum atomic E-state index is -0.489. The second kappa shape index (κ2) is 10.9. The van der Waals surface area contributed by atoms with Gasteiger partial charge in [-0.1, -0.05) is 87.2 Å². The number of hydrogen-bond donors (Lipinski definition) is 0. The summed E-state index contributed by atoms with van der Waals surface area (Å²) >= 11 is 12.6. The fourth-order valence-corrected chi connectivity index (χ4v) is 5.59. The Labute approximate surface area is 203 Å². The zero-order valence-electron chi connectivity index (χ0n) is 19.5. The van der Waals surface area contributed by atoms with Gasteiger partial charge in [-0.3, -0.25) is 4.79 Å². The molecule has 2 aromatic rings. The third-order valence-corrected chi connectivity index (χ3v) is 7.43. The Balaban J connectivity index is 2.20. The quantitative estimate of drug-likeness (QED) is 0.335. The number of halogens is 2. The van der Waals surface area contributed by atoms with Crippen LogP contribution in [0.5, 0.6) is 0 Å². The molecule has 1 aliphatic heterocycles. The van der Waals surface area contributed by atoms with E-state index in [2.05, 4.69) is 56.5 Å². The van der Waals surface area contributed by atoms with Crippen molar-refractivity contribution in [2.24, 2.45) is 5.41 Å². The van der Waals surface area contributed by atoms with Gasteiger partial charge in [0.05, 0.1) is 11.5 Å². The molecule has 4 heteroatoms. The van der Waals surface area contributed by atoms with Crippen molar-refractivity contribution in [2.75, 3.05) is 0 Å². The first-order chi connectivity index (χ1) is 15.3. The molecule has 0 bridgehead atoms. The molecule has 1 amide bonds. The number of piperidine rings is 1. The van der Waals surface area contributed by atoms with E-state index in [0.717, 1.165) is 42.7 Å². The van der Waals surface area contributed by atoms with E-state index in [-0.39, 0.29) is 23.9 Å². The van der Waals surface area contributed by atoms with Crippen molar-refractivity contribution in [1.29, 1.82) is 0 Å². The number of carbonyl (C=O) groups is 1. The van der Waals surface area contributed by atoms with Crippen molar-refractivity contribution in [3.05, 3.63) is 82.4 Å². The Morgan fingerprint density at radius 2 is 1.84 bits per heavy atom. The van der Waals surface area contributed by atoms with E-state index in [0.29, 0.717) is 11.4 Å². The van der Waals surface area contributed by atoms with E-state index in [9.17, 15) is 4.79 Å². The highest BCUT2D eigenvalue weighted by Gasteiger charge is 2.50. The summed E-state index contributed by atoms with van der Waals surface area (Å²) in [6, 6.07) is 16.3. The lowest BCUT2D eigenvalue weighted by molar-refractivity contribution is -0.154. The number of benzene rings is 2. The van der Waals surface area contributed by atoms with Crippen molar-refractivity contribution in [3.63, 3.8) is 0 Å². The van der Waals surface area contributed by atoms with Gasteiger partial charge in [-0.25, -0.2) is 0 Å². The molecular formula is C28H35Cl2NO. The van der Waals surface area contributed by atoms with Gasteiger partial charge in [-0.05, 0) is 61.1 Å². The summed E-state index contributed by atoms with van der Waals surface area (Å²) in [6.07, 6.45) is 7.48. The number of hydrogen-bond acceptors (Lipinski definition) is 1. The summed E-state index contributed by atoms with van der Waals surface area (Å²) in [7, 11) is 0. The highest BCUT2D eigenvalue weighted by atomic mass is 35.5. The Bertz CT molecular complexity index is 925. The van der Waals surface area contributed by atoms with E-state index in [4.69, 9.17) is 23.2 Å². The zero-order valence-corrected chi connectivity index (χ0v) is 21.0. The van der Waals surface area contributed by atoms with Crippen molar-refractivity contribution in [1.82, 2.24) is 4.90 Å². The molecule has 0 aliphatic carbocycles. The van der Waals surface area contributed by atoms with Gasteiger partial charge in [-0.15, -0.1) is 6.58 Å². The van der Waals surface area contributed by atoms with Gasteiger partial charge in [0, 0.05) is 22.0 Å². The Hall–Kier alpha value is -1.77. The lowest BCUT2D eigenvalue weighted by Crippen LogP contribution is -2.55. The minimum absolute atomic E-state index is 0.0575. The normalized spacial score (nSPS) is 24.4. The van der Waals surface area contributed by atoms with E-state index in [1.165, 1.54) is 5.56 Å². The molecule has 1 fully saturated rings. The molecule has 0 spiro atoms. The average molecular weight is 473 g/mol. The first-order valence-corrected chi connectivity index (χ1v) is 12.5. The summed E-state index contributed by atoms with van der Waals surface area (Å²) in [5.74, 6) is 0.367. The average Bonchev–Trinajstić information content (AvgIpc) is 2.77. The molecule has 0 saturated carbocycles. The van der Waals surface area contributed by atoms with Gasteiger partial charge in [0.25, 0.3) is 0 Å². The molecule has 32 heavy (non-hydrogen) atoms. The first-order valence-electron chi connectivity index (χ1n) is 11.8. The van der Waals surface area contributed by atoms with Crippen LogP contribution in [0.1, 0.15) is 82.4 Å². The zero-order chi connectivity index (χ0) is 23.3. The van der Waals surface area contributed by atoms with Gasteiger partial charge in [0.15, 0.2) is 0 Å². The maximum absolute atomic E-state index is 14.1. The molecule has 2 nitrogen and oxygen atoms in total. The molecule has 4 atom stereocenters. The Kier molecular flexibility index (Phi) is 8.47. The molecule has 3 rings (SSSR count). The summed E-state index contributed by atoms with van der Waals surface area (Å²) in [5.41, 5.74) is 1.82. The molecular weight excluding hydrogens is 437 g/mol. The topological polar surface area (TPSA) is 20.3 Å². The first kappa shape index (κ1) is 24.9. The predicted molar refractivity (Wildman–Crippen MR) is 136 cm³/mol. The van der Waals surface area contributed by atoms with E-state index in [1.54, 1.807) is 0 Å². The van der Waals surface area contributed by atoms with E-state index < -0.39 is 5.41 Å². The van der Waals surface area contributed by atoms with Crippen LogP contribution in [0.25, 0.3) is 0 Å². The molecule has 172 valence electrons. The Morgan fingerprint density at radius 1 is 1.12 bits per heavy atom. The smallest absolute Gasteiger partial charge is 0.229 e. The highest BCUT2D eigenvalue weighted by Crippen LogP contribution is 2.52. The van der Waals surface area contributed by atoms with Gasteiger partial charge < -0.3 is 4.90 Å². The molecule has 2 aromatic carbocycles. The van der Waals surface area contributed by atoms with Gasteiger partial charge in [-0.2, -0.15) is 0 Å². The number of carbonyl (C=O) groups excluding carboxylic acids is 1. The molecule has 1 saturated heterocycles. The standard InChI is InChI=1S/C28H35Cl2NO/c1-5-8-12-24(7-3)31-26(20-13-15-22(29)16-14-20)25(21-10-9-11-23(30)18-21)19-28(4,17-6-2)27(31)32/h6,9-11,13-16,18,24-26H,2,5,7-8,12,17,19H2,1,3-4H3/t24-,25+,26?,28-/m0/s1. The maximum atomic E-state index is 14.1. The van der Waals surface area contributed by atoms with E-state index >= 15 is 0 Å². The number of unbranched alkanes of at least 4 members (excludes halogenated alkanes) is 1. The second-order valence-corrected chi connectivity index (χ2v) is 10.2. The third-order valence-electron chi connectivity index (χ3n) is 6.94. The van der Waals surface area contributed by atoms with Gasteiger partial charge in [0.1, 0.15) is 0 Å². The Morgan fingerprint density at radius 3 is 2.44 bits per heavy atom. The molecule has 1 unspecified atom stereocenters. The monoisotopic (exact) mass is 471 g/mol. The van der Waals surface area contributed by atoms with Crippen LogP contribution in [0.2, 0.25) is 10.0 Å². The van der Waals surface area contributed by atoms with Crippen LogP contribution in [0.3, 0.4) is 0 Å². The number of rotatable bonds is 9. The van der Waals surface area contributed by atoms with Gasteiger partial charge >= 0.3 is 0 Å². The number of nitrogens with zero attached hydrogens (tertiary/aromatic N) is 1. The summed E-state index contributed by atoms with van der Waals surface area (Å²) in [4.78, 5) is 16.3. The number of amides is 1. The molecule has 1 heterocycles. The fourth-order valence-electron chi connectivity index (χ4n) is 5.27. The van der Waals surface area contributed by atoms with Crippen LogP contribution >= 0.6 is 23.2 Å². The number of likely N-dealkylation sites (tertiary alicyclic amines) is 1. The minimum Gasteiger partial charge on any atom is -0.332 e. The molecule has 1 aliphatic rings. The lowest BCUT2D eigenvalue weighted by Gasteiger charge is -2.52. The van der Waals surface area contributed by atoms with Gasteiger partial charge in [0.2, 0.25) is 5.91 Å². The summed E-state index contributed by atoms with van der Waals surface area (Å²) in [5, 5.41) is 1.43. The predicted octanol–water partition coefficient (Wildman–Crippen LogP) is 8.60. The van der Waals surface area contributed by atoms with Crippen LogP contribution < -0.4 is 0 Å². The van der Waals surface area contributed by atoms with Crippen LogP contribution in [-0.4, -0.2) is 16.8 Å². The van der Waals surface area contributed by atoms with Crippen molar-refractivity contribution < 1.29 is 4.79 Å².